The fraction of sp³-hybridized carbons (Fsp3) is 1.00. The standard InChI is InChI=1S/C7H14O6/c1-12-7(3-8)6(11)5(10)4(9)2-13-7/h4-6,8-11H,2-3H2,1H3/t4-,5-,6-,7+/m1/s1. The number of hydrogen-bond acceptors (Lipinski definition) is 6. The van der Waals surface area contributed by atoms with Crippen molar-refractivity contribution < 1.29 is 29.9 Å². The van der Waals surface area contributed by atoms with Gasteiger partial charge in [-0.05, 0) is 0 Å². The molecular weight excluding hydrogens is 180 g/mol. The molecule has 0 amide bonds. The Morgan fingerprint density at radius 2 is 2.08 bits per heavy atom. The van der Waals surface area contributed by atoms with Crippen LogP contribution in [0.5, 0.6) is 0 Å². The molecule has 0 aromatic rings. The van der Waals surface area contributed by atoms with E-state index in [1.54, 1.807) is 0 Å². The number of aliphatic hydroxyl groups excluding tert-OH is 4. The van der Waals surface area contributed by atoms with E-state index in [0.717, 1.165) is 0 Å². The van der Waals surface area contributed by atoms with Gasteiger partial charge in [-0.1, -0.05) is 0 Å². The molecule has 0 spiro atoms. The summed E-state index contributed by atoms with van der Waals surface area (Å²) in [4.78, 5) is 0. The molecule has 78 valence electrons. The molecule has 6 heteroatoms. The molecule has 4 atom stereocenters. The quantitative estimate of drug-likeness (QED) is 0.386. The first-order valence-electron chi connectivity index (χ1n) is 3.91. The molecule has 0 radical (unpaired) electrons. The minimum absolute atomic E-state index is 0.188. The zero-order chi connectivity index (χ0) is 10.1. The lowest BCUT2D eigenvalue weighted by Gasteiger charge is -2.42. The summed E-state index contributed by atoms with van der Waals surface area (Å²) in [7, 11) is 1.24. The maximum atomic E-state index is 9.44. The van der Waals surface area contributed by atoms with Gasteiger partial charge in [0.1, 0.15) is 24.9 Å². The minimum Gasteiger partial charge on any atom is -0.391 e. The Bertz CT molecular complexity index is 168. The molecule has 1 saturated heterocycles. The Kier molecular flexibility index (Phi) is 3.23. The zero-order valence-corrected chi connectivity index (χ0v) is 7.25. The van der Waals surface area contributed by atoms with Crippen LogP contribution in [0.3, 0.4) is 0 Å². The van der Waals surface area contributed by atoms with Crippen LogP contribution >= 0.6 is 0 Å². The zero-order valence-electron chi connectivity index (χ0n) is 7.25. The fourth-order valence-corrected chi connectivity index (χ4v) is 1.26. The van der Waals surface area contributed by atoms with E-state index < -0.39 is 30.7 Å². The normalized spacial score (nSPS) is 46.4. The molecule has 4 N–H and O–H groups in total. The molecule has 0 aliphatic carbocycles. The van der Waals surface area contributed by atoms with Gasteiger partial charge in [0.2, 0.25) is 5.79 Å². The number of aliphatic hydroxyl groups is 4. The van der Waals surface area contributed by atoms with Crippen LogP contribution in [0.2, 0.25) is 0 Å². The van der Waals surface area contributed by atoms with E-state index in [-0.39, 0.29) is 6.61 Å². The topological polar surface area (TPSA) is 99.4 Å². The van der Waals surface area contributed by atoms with Crippen molar-refractivity contribution in [2.24, 2.45) is 0 Å². The van der Waals surface area contributed by atoms with Crippen molar-refractivity contribution >= 4 is 0 Å². The highest BCUT2D eigenvalue weighted by Gasteiger charge is 2.49. The summed E-state index contributed by atoms with van der Waals surface area (Å²) in [6, 6.07) is 0. The molecular formula is C7H14O6. The summed E-state index contributed by atoms with van der Waals surface area (Å²) in [5, 5.41) is 36.7. The van der Waals surface area contributed by atoms with E-state index in [9.17, 15) is 10.2 Å². The first-order valence-corrected chi connectivity index (χ1v) is 3.91. The maximum absolute atomic E-state index is 9.44. The van der Waals surface area contributed by atoms with Crippen molar-refractivity contribution in [2.75, 3.05) is 20.3 Å². The highest BCUT2D eigenvalue weighted by atomic mass is 16.7. The number of rotatable bonds is 2. The van der Waals surface area contributed by atoms with Crippen LogP contribution in [-0.2, 0) is 9.47 Å². The first-order chi connectivity index (χ1) is 6.07. The number of ether oxygens (including phenoxy) is 2. The number of hydrogen-bond donors (Lipinski definition) is 4. The molecule has 0 bridgehead atoms. The monoisotopic (exact) mass is 194 g/mol. The predicted octanol–water partition coefficient (Wildman–Crippen LogP) is -2.57. The molecule has 1 aliphatic rings. The Morgan fingerprint density at radius 1 is 1.46 bits per heavy atom. The summed E-state index contributed by atoms with van der Waals surface area (Å²) in [5.41, 5.74) is 0. The largest absolute Gasteiger partial charge is 0.391 e. The Morgan fingerprint density at radius 3 is 2.54 bits per heavy atom. The van der Waals surface area contributed by atoms with E-state index >= 15 is 0 Å². The maximum Gasteiger partial charge on any atom is 0.220 e. The highest BCUT2D eigenvalue weighted by molar-refractivity contribution is 4.92. The van der Waals surface area contributed by atoms with Gasteiger partial charge in [-0.25, -0.2) is 0 Å². The smallest absolute Gasteiger partial charge is 0.220 e. The van der Waals surface area contributed by atoms with Crippen LogP contribution in [-0.4, -0.2) is 64.8 Å². The summed E-state index contributed by atoms with van der Waals surface area (Å²) in [6.45, 7) is -0.777. The molecule has 1 fully saturated rings. The third kappa shape index (κ3) is 1.69. The van der Waals surface area contributed by atoms with Crippen LogP contribution in [0.1, 0.15) is 0 Å². The second-order valence-corrected chi connectivity index (χ2v) is 2.99. The van der Waals surface area contributed by atoms with E-state index in [1.165, 1.54) is 7.11 Å². The third-order valence-corrected chi connectivity index (χ3v) is 2.23. The molecule has 1 aliphatic heterocycles. The van der Waals surface area contributed by atoms with Gasteiger partial charge >= 0.3 is 0 Å². The van der Waals surface area contributed by atoms with Crippen LogP contribution < -0.4 is 0 Å². The SMILES string of the molecule is CO[C@@]1(CO)OC[C@@H](O)[C@@H](O)[C@H]1O. The lowest BCUT2D eigenvalue weighted by atomic mass is 9.97. The Hall–Kier alpha value is -0.240. The molecule has 6 nitrogen and oxygen atoms in total. The van der Waals surface area contributed by atoms with Gasteiger partial charge < -0.3 is 29.9 Å². The van der Waals surface area contributed by atoms with E-state index in [2.05, 4.69) is 0 Å². The second kappa shape index (κ2) is 3.87. The van der Waals surface area contributed by atoms with Gasteiger partial charge in [0.05, 0.1) is 6.61 Å². The van der Waals surface area contributed by atoms with Gasteiger partial charge in [0.25, 0.3) is 0 Å². The lowest BCUT2D eigenvalue weighted by molar-refractivity contribution is -0.340. The van der Waals surface area contributed by atoms with Crippen LogP contribution in [0, 0.1) is 0 Å². The number of methoxy groups -OCH3 is 1. The Labute approximate surface area is 75.3 Å². The van der Waals surface area contributed by atoms with Crippen molar-refractivity contribution in [3.8, 4) is 0 Å². The molecule has 0 saturated carbocycles. The average Bonchev–Trinajstić information content (AvgIpc) is 2.16. The van der Waals surface area contributed by atoms with Gasteiger partial charge in [-0.2, -0.15) is 0 Å². The van der Waals surface area contributed by atoms with Crippen molar-refractivity contribution in [1.82, 2.24) is 0 Å². The molecule has 1 rings (SSSR count). The van der Waals surface area contributed by atoms with Crippen LogP contribution in [0.4, 0.5) is 0 Å². The van der Waals surface area contributed by atoms with Crippen molar-refractivity contribution in [2.45, 2.75) is 24.1 Å². The van der Waals surface area contributed by atoms with E-state index in [4.69, 9.17) is 19.7 Å². The first kappa shape index (κ1) is 10.8. The summed E-state index contributed by atoms with van der Waals surface area (Å²) < 4.78 is 9.69. The summed E-state index contributed by atoms with van der Waals surface area (Å²) >= 11 is 0. The van der Waals surface area contributed by atoms with Crippen molar-refractivity contribution in [3.05, 3.63) is 0 Å². The minimum atomic E-state index is -1.63. The van der Waals surface area contributed by atoms with E-state index in [0.29, 0.717) is 0 Å². The predicted molar refractivity (Wildman–Crippen MR) is 40.8 cm³/mol. The van der Waals surface area contributed by atoms with Crippen LogP contribution in [0.25, 0.3) is 0 Å². The van der Waals surface area contributed by atoms with Gasteiger partial charge in [-0.3, -0.25) is 0 Å². The molecule has 1 heterocycles. The Balaban J connectivity index is 2.77. The van der Waals surface area contributed by atoms with Gasteiger partial charge in [0, 0.05) is 7.11 Å². The highest BCUT2D eigenvalue weighted by Crippen LogP contribution is 2.26. The van der Waals surface area contributed by atoms with Crippen LogP contribution in [0.15, 0.2) is 0 Å². The van der Waals surface area contributed by atoms with Gasteiger partial charge in [0.15, 0.2) is 0 Å². The van der Waals surface area contributed by atoms with Crippen molar-refractivity contribution in [3.63, 3.8) is 0 Å². The third-order valence-electron chi connectivity index (χ3n) is 2.23. The fourth-order valence-electron chi connectivity index (χ4n) is 1.26. The lowest BCUT2D eigenvalue weighted by Crippen LogP contribution is -2.63. The summed E-state index contributed by atoms with van der Waals surface area (Å²) in [5.74, 6) is -1.63. The summed E-state index contributed by atoms with van der Waals surface area (Å²) in [6.07, 6.45) is -4.00. The molecule has 0 aromatic heterocycles. The molecule has 0 unspecified atom stereocenters. The van der Waals surface area contributed by atoms with E-state index in [1.807, 2.05) is 0 Å². The molecule has 0 aromatic carbocycles. The average molecular weight is 194 g/mol. The van der Waals surface area contributed by atoms with Gasteiger partial charge in [-0.15, -0.1) is 0 Å². The van der Waals surface area contributed by atoms with Crippen molar-refractivity contribution in [1.29, 1.82) is 0 Å². The molecule has 13 heavy (non-hydrogen) atoms. The second-order valence-electron chi connectivity index (χ2n) is 2.99.